The topological polar surface area (TPSA) is 116 Å². The Morgan fingerprint density at radius 3 is 2.79 bits per heavy atom. The van der Waals surface area contributed by atoms with Crippen LogP contribution in [-0.4, -0.2) is 30.7 Å². The van der Waals surface area contributed by atoms with Crippen LogP contribution in [0.5, 0.6) is 0 Å². The number of nitrogens with zero attached hydrogens (tertiary/aromatic N) is 4. The van der Waals surface area contributed by atoms with Gasteiger partial charge in [-0.05, 0) is 79.2 Å². The van der Waals surface area contributed by atoms with Crippen molar-refractivity contribution in [3.05, 3.63) is 54.0 Å². The van der Waals surface area contributed by atoms with Gasteiger partial charge in [-0.2, -0.15) is 0 Å². The summed E-state index contributed by atoms with van der Waals surface area (Å²) in [4.78, 5) is 13.2. The Labute approximate surface area is 192 Å². The summed E-state index contributed by atoms with van der Waals surface area (Å²) in [6.07, 6.45) is 9.00. The molecule has 0 spiro atoms. The molecule has 3 heterocycles. The van der Waals surface area contributed by atoms with Crippen LogP contribution in [0.4, 0.5) is 11.6 Å². The molecule has 2 aliphatic carbocycles. The highest BCUT2D eigenvalue weighted by Gasteiger charge is 2.43. The average molecular weight is 443 g/mol. The van der Waals surface area contributed by atoms with Gasteiger partial charge in [0.1, 0.15) is 23.6 Å². The lowest BCUT2D eigenvalue weighted by Gasteiger charge is -2.28. The summed E-state index contributed by atoms with van der Waals surface area (Å²) in [7, 11) is 0. The fourth-order valence-electron chi connectivity index (χ4n) is 5.62. The number of aromatic nitrogens is 4. The first-order chi connectivity index (χ1) is 15.9. The molecule has 3 atom stereocenters. The van der Waals surface area contributed by atoms with Crippen LogP contribution in [0.1, 0.15) is 62.1 Å². The van der Waals surface area contributed by atoms with E-state index in [2.05, 4.69) is 45.7 Å². The molecule has 0 aliphatic heterocycles. The van der Waals surface area contributed by atoms with E-state index in [4.69, 9.17) is 16.5 Å². The van der Waals surface area contributed by atoms with Crippen molar-refractivity contribution in [2.75, 3.05) is 11.5 Å². The Kier molecular flexibility index (Phi) is 4.59. The monoisotopic (exact) mass is 442 g/mol. The molecule has 0 bridgehead atoms. The second-order valence-corrected chi connectivity index (χ2v) is 10.2. The van der Waals surface area contributed by atoms with Crippen LogP contribution in [0.2, 0.25) is 0 Å². The summed E-state index contributed by atoms with van der Waals surface area (Å²) in [5, 5.41) is 13.0. The molecule has 5 N–H and O–H groups in total. The molecule has 1 aromatic carbocycles. The van der Waals surface area contributed by atoms with Gasteiger partial charge in [0.15, 0.2) is 0 Å². The van der Waals surface area contributed by atoms with Gasteiger partial charge in [-0.3, -0.25) is 0 Å². The first-order valence-electron chi connectivity index (χ1n) is 11.9. The van der Waals surface area contributed by atoms with E-state index in [-0.39, 0.29) is 17.6 Å². The van der Waals surface area contributed by atoms with Crippen molar-refractivity contribution in [2.24, 2.45) is 5.41 Å². The normalized spacial score (nSPS) is 25.3. The van der Waals surface area contributed by atoms with Crippen LogP contribution in [0.25, 0.3) is 21.9 Å². The van der Waals surface area contributed by atoms with Gasteiger partial charge in [0.05, 0.1) is 17.0 Å². The van der Waals surface area contributed by atoms with Crippen molar-refractivity contribution in [3.8, 4) is 0 Å². The molecule has 7 nitrogen and oxygen atoms in total. The molecule has 2 saturated carbocycles. The number of pyridine rings is 1. The summed E-state index contributed by atoms with van der Waals surface area (Å²) in [5.41, 5.74) is 16.3. The molecule has 3 aromatic heterocycles. The largest absolute Gasteiger partial charge is 0.392 e. The Balaban J connectivity index is 1.20. The minimum atomic E-state index is -0.366. The van der Waals surface area contributed by atoms with Gasteiger partial charge in [-0.25, -0.2) is 15.0 Å². The Bertz CT molecular complexity index is 1360. The quantitative estimate of drug-likeness (QED) is 0.423. The van der Waals surface area contributed by atoms with E-state index in [9.17, 15) is 5.11 Å². The molecule has 170 valence electrons. The minimum Gasteiger partial charge on any atom is -0.392 e. The highest BCUT2D eigenvalue weighted by atomic mass is 16.3. The molecular formula is C26H30N6O. The molecule has 6 rings (SSSR count). The Hall–Kier alpha value is -3.19. The number of benzene rings is 1. The summed E-state index contributed by atoms with van der Waals surface area (Å²) in [5.74, 6) is 1.76. The van der Waals surface area contributed by atoms with E-state index in [0.717, 1.165) is 41.2 Å². The lowest BCUT2D eigenvalue weighted by molar-refractivity contribution is 0.0599. The number of anilines is 2. The molecule has 33 heavy (non-hydrogen) atoms. The number of hydrogen-bond acceptors (Lipinski definition) is 6. The van der Waals surface area contributed by atoms with Crippen molar-refractivity contribution < 1.29 is 5.11 Å². The molecule has 0 amide bonds. The highest BCUT2D eigenvalue weighted by Crippen LogP contribution is 2.48. The van der Waals surface area contributed by atoms with E-state index in [1.54, 1.807) is 0 Å². The van der Waals surface area contributed by atoms with Gasteiger partial charge >= 0.3 is 0 Å². The summed E-state index contributed by atoms with van der Waals surface area (Å²) in [6, 6.07) is 10.9. The van der Waals surface area contributed by atoms with Crippen LogP contribution in [-0.2, 0) is 6.42 Å². The van der Waals surface area contributed by atoms with E-state index in [0.29, 0.717) is 24.0 Å². The summed E-state index contributed by atoms with van der Waals surface area (Å²) < 4.78 is 2.15. The fourth-order valence-corrected chi connectivity index (χ4v) is 5.62. The number of aryl methyl sites for hydroxylation is 1. The molecule has 0 saturated heterocycles. The van der Waals surface area contributed by atoms with Crippen molar-refractivity contribution in [3.63, 3.8) is 0 Å². The van der Waals surface area contributed by atoms with Crippen LogP contribution < -0.4 is 11.5 Å². The van der Waals surface area contributed by atoms with Crippen molar-refractivity contribution >= 4 is 33.6 Å². The lowest BCUT2D eigenvalue weighted by Crippen LogP contribution is -2.26. The zero-order chi connectivity index (χ0) is 22.7. The van der Waals surface area contributed by atoms with Crippen molar-refractivity contribution in [2.45, 2.75) is 63.5 Å². The molecule has 0 unspecified atom stereocenters. The number of hydrogen-bond donors (Lipinski definition) is 3. The van der Waals surface area contributed by atoms with E-state index in [1.807, 2.05) is 12.3 Å². The van der Waals surface area contributed by atoms with Gasteiger partial charge in [0, 0.05) is 17.6 Å². The van der Waals surface area contributed by atoms with Crippen molar-refractivity contribution in [1.82, 2.24) is 19.5 Å². The highest BCUT2D eigenvalue weighted by molar-refractivity contribution is 5.86. The maximum absolute atomic E-state index is 11.0. The first-order valence-corrected chi connectivity index (χ1v) is 11.9. The third kappa shape index (κ3) is 3.51. The van der Waals surface area contributed by atoms with E-state index < -0.39 is 0 Å². The minimum absolute atomic E-state index is 0.170. The number of nitrogens with two attached hydrogens (primary N) is 2. The number of aliphatic hydroxyl groups excluding tert-OH is 1. The number of aliphatic hydroxyl groups is 1. The van der Waals surface area contributed by atoms with Crippen LogP contribution in [0.3, 0.4) is 0 Å². The first kappa shape index (κ1) is 20.4. The Morgan fingerprint density at radius 2 is 1.97 bits per heavy atom. The van der Waals surface area contributed by atoms with Gasteiger partial charge in [0.2, 0.25) is 0 Å². The smallest absolute Gasteiger partial charge is 0.145 e. The van der Waals surface area contributed by atoms with Gasteiger partial charge in [0.25, 0.3) is 0 Å². The van der Waals surface area contributed by atoms with Gasteiger partial charge in [-0.1, -0.05) is 19.1 Å². The van der Waals surface area contributed by atoms with Crippen molar-refractivity contribution in [1.29, 1.82) is 0 Å². The van der Waals surface area contributed by atoms with Crippen LogP contribution >= 0.6 is 0 Å². The number of nitrogen functional groups attached to an aromatic ring is 2. The molecule has 2 fully saturated rings. The maximum Gasteiger partial charge on any atom is 0.145 e. The van der Waals surface area contributed by atoms with Crippen LogP contribution in [0, 0.1) is 5.41 Å². The number of fused-ring (bicyclic) bond motifs is 2. The Morgan fingerprint density at radius 1 is 1.12 bits per heavy atom. The second-order valence-electron chi connectivity index (χ2n) is 10.2. The van der Waals surface area contributed by atoms with E-state index >= 15 is 0 Å². The zero-order valence-electron chi connectivity index (χ0n) is 18.9. The standard InChI is InChI=1S/C26H30N6O/c1-26(13-18(12-22(26)33)32-9-7-19-23(27)29-14-30-25(19)32)8-6-15-2-3-17-11-20(16-4-5-16)24(28)31-21(17)10-15/h2-3,7,9-11,14,16,18,22,33H,4-6,8,12-13H2,1H3,(H2,28,31)(H2,27,29,30)/t18-,22-,26-/m0/s1. The fraction of sp³-hybridized carbons (Fsp3) is 0.423. The number of rotatable bonds is 5. The third-order valence-electron chi connectivity index (χ3n) is 7.88. The third-order valence-corrected chi connectivity index (χ3v) is 7.88. The SMILES string of the molecule is C[C@]1(CCc2ccc3cc(C4CC4)c(N)nc3c2)C[C@@H](n2ccc3c(N)ncnc32)C[C@@H]1O. The van der Waals surface area contributed by atoms with Gasteiger partial charge in [-0.15, -0.1) is 0 Å². The molecule has 4 aromatic rings. The summed E-state index contributed by atoms with van der Waals surface area (Å²) in [6.45, 7) is 2.20. The maximum atomic E-state index is 11.0. The molecule has 7 heteroatoms. The average Bonchev–Trinajstić information content (AvgIpc) is 3.47. The molecule has 2 aliphatic rings. The second kappa shape index (κ2) is 7.42. The zero-order valence-corrected chi connectivity index (χ0v) is 18.9. The predicted molar refractivity (Wildman–Crippen MR) is 131 cm³/mol. The van der Waals surface area contributed by atoms with Gasteiger partial charge < -0.3 is 21.1 Å². The van der Waals surface area contributed by atoms with E-state index in [1.165, 1.54) is 30.3 Å². The molecule has 0 radical (unpaired) electrons. The van der Waals surface area contributed by atoms with Crippen LogP contribution in [0.15, 0.2) is 42.9 Å². The summed E-state index contributed by atoms with van der Waals surface area (Å²) >= 11 is 0. The lowest BCUT2D eigenvalue weighted by atomic mass is 9.80. The molecular weight excluding hydrogens is 412 g/mol. The predicted octanol–water partition coefficient (Wildman–Crippen LogP) is 4.36.